The molecule has 54 heavy (non-hydrogen) atoms. The Kier molecular flexibility index (Phi) is 13.5. The van der Waals surface area contributed by atoms with Crippen molar-refractivity contribution in [1.29, 1.82) is 0 Å². The summed E-state index contributed by atoms with van der Waals surface area (Å²) in [7, 11) is 0. The van der Waals surface area contributed by atoms with Crippen LogP contribution in [0.5, 0.6) is 11.5 Å². The van der Waals surface area contributed by atoms with Gasteiger partial charge in [0.15, 0.2) is 11.5 Å². The number of primary amides is 1. The molecule has 0 aliphatic carbocycles. The number of hydrogen-bond donors (Lipinski definition) is 7. The molecule has 4 rings (SSSR count). The van der Waals surface area contributed by atoms with Crippen molar-refractivity contribution in [3.63, 3.8) is 0 Å². The third kappa shape index (κ3) is 10.9. The predicted octanol–water partition coefficient (Wildman–Crippen LogP) is 4.68. The molecule has 0 saturated heterocycles. The van der Waals surface area contributed by atoms with Crippen molar-refractivity contribution in [2.45, 2.75) is 26.3 Å². The van der Waals surface area contributed by atoms with Crippen molar-refractivity contribution in [3.8, 4) is 11.5 Å². The molecule has 0 aromatic heterocycles. The van der Waals surface area contributed by atoms with E-state index in [0.29, 0.717) is 11.4 Å². The van der Waals surface area contributed by atoms with Gasteiger partial charge in [0.05, 0.1) is 29.8 Å². The second kappa shape index (κ2) is 18.4. The number of rotatable bonds is 17. The molecule has 0 heterocycles. The summed E-state index contributed by atoms with van der Waals surface area (Å²) in [6, 6.07) is 19.1. The SMILES string of the molecule is C=CCOc1c(C(=O)Nc2ccc(C(=O)O)cc2)ccc(NC(=O)c2ccc(NC(=O)[C@H](CC(N)=O)NC(=O)c3ccc(N)cc3)cc2)c1OCC(C)C. The van der Waals surface area contributed by atoms with Crippen molar-refractivity contribution in [3.05, 3.63) is 120 Å². The maximum atomic E-state index is 13.5. The highest BCUT2D eigenvalue weighted by Crippen LogP contribution is 2.40. The Bertz CT molecular complexity index is 2030. The molecule has 1 atom stereocenters. The normalized spacial score (nSPS) is 11.1. The smallest absolute Gasteiger partial charge is 0.335 e. The molecule has 4 aromatic carbocycles. The number of anilines is 4. The fraction of sp³-hybridized carbons (Fsp3) is 0.179. The van der Waals surface area contributed by atoms with Gasteiger partial charge in [0.1, 0.15) is 12.6 Å². The van der Waals surface area contributed by atoms with Crippen molar-refractivity contribution in [1.82, 2.24) is 5.32 Å². The minimum Gasteiger partial charge on any atom is -0.487 e. The van der Waals surface area contributed by atoms with Crippen LogP contribution in [0, 0.1) is 5.92 Å². The van der Waals surface area contributed by atoms with Gasteiger partial charge in [-0.3, -0.25) is 24.0 Å². The van der Waals surface area contributed by atoms with Crippen LogP contribution in [0.25, 0.3) is 0 Å². The molecule has 0 aliphatic rings. The Labute approximate surface area is 310 Å². The van der Waals surface area contributed by atoms with Gasteiger partial charge in [0.2, 0.25) is 11.8 Å². The molecule has 0 radical (unpaired) electrons. The first-order valence-electron chi connectivity index (χ1n) is 16.6. The number of hydrogen-bond acceptors (Lipinski definition) is 9. The van der Waals surface area contributed by atoms with Crippen molar-refractivity contribution in [2.75, 3.05) is 34.9 Å². The fourth-order valence-electron chi connectivity index (χ4n) is 4.83. The molecule has 4 aromatic rings. The summed E-state index contributed by atoms with van der Waals surface area (Å²) in [6.45, 7) is 7.73. The molecule has 280 valence electrons. The summed E-state index contributed by atoms with van der Waals surface area (Å²) in [5.41, 5.74) is 12.8. The fourth-order valence-corrected chi connectivity index (χ4v) is 4.83. The molecule has 0 bridgehead atoms. The van der Waals surface area contributed by atoms with Crippen LogP contribution in [0.15, 0.2) is 97.6 Å². The van der Waals surface area contributed by atoms with E-state index in [9.17, 15) is 33.9 Å². The van der Waals surface area contributed by atoms with Crippen LogP contribution in [0.4, 0.5) is 22.7 Å². The minimum absolute atomic E-state index is 0.00156. The van der Waals surface area contributed by atoms with Crippen LogP contribution in [-0.4, -0.2) is 59.9 Å². The molecule has 0 spiro atoms. The van der Waals surface area contributed by atoms with E-state index in [4.69, 9.17) is 20.9 Å². The van der Waals surface area contributed by atoms with Gasteiger partial charge >= 0.3 is 5.97 Å². The molecule has 15 nitrogen and oxygen atoms in total. The van der Waals surface area contributed by atoms with Gasteiger partial charge in [-0.1, -0.05) is 26.5 Å². The Hall–Kier alpha value is -7.16. The van der Waals surface area contributed by atoms with Gasteiger partial charge in [-0.25, -0.2) is 4.79 Å². The Morgan fingerprint density at radius 2 is 1.30 bits per heavy atom. The standard InChI is InChI=1S/C39H40N6O9/c1-4-19-53-33-29(37(49)42-27-15-9-25(10-16-27)39(51)52)17-18-30(34(33)54-21-22(2)3)44-35(47)24-7-13-28(14-8-24)43-38(50)31(20-32(41)46)45-36(48)23-5-11-26(40)12-6-23/h4-18,22,31H,1,19-21,40H2,2-3H3,(H2,41,46)(H,42,49)(H,43,50)(H,44,47)(H,45,48)(H,51,52)/t31-/m0/s1. The second-order valence-electron chi connectivity index (χ2n) is 12.3. The number of amides is 5. The molecule has 0 fully saturated rings. The van der Waals surface area contributed by atoms with Crippen LogP contribution in [0.3, 0.4) is 0 Å². The number of carboxylic acids is 1. The summed E-state index contributed by atoms with van der Waals surface area (Å²) in [6.07, 6.45) is 1.02. The molecular formula is C39H40N6O9. The average molecular weight is 737 g/mol. The summed E-state index contributed by atoms with van der Waals surface area (Å²) in [5.74, 6) is -4.19. The maximum absolute atomic E-state index is 13.5. The van der Waals surface area contributed by atoms with Crippen LogP contribution in [0.2, 0.25) is 0 Å². The van der Waals surface area contributed by atoms with Crippen molar-refractivity contribution >= 4 is 58.3 Å². The average Bonchev–Trinajstić information content (AvgIpc) is 3.13. The van der Waals surface area contributed by atoms with Crippen LogP contribution in [0.1, 0.15) is 61.7 Å². The molecule has 0 aliphatic heterocycles. The monoisotopic (exact) mass is 736 g/mol. The first-order valence-corrected chi connectivity index (χ1v) is 16.6. The summed E-state index contributed by atoms with van der Waals surface area (Å²) in [5, 5.41) is 19.8. The zero-order chi connectivity index (χ0) is 39.4. The van der Waals surface area contributed by atoms with Gasteiger partial charge in [0, 0.05) is 28.2 Å². The molecule has 0 saturated carbocycles. The van der Waals surface area contributed by atoms with E-state index in [0.717, 1.165) is 0 Å². The summed E-state index contributed by atoms with van der Waals surface area (Å²) < 4.78 is 12.0. The lowest BCUT2D eigenvalue weighted by Crippen LogP contribution is -2.46. The third-order valence-corrected chi connectivity index (χ3v) is 7.52. The number of carbonyl (C=O) groups is 6. The Balaban J connectivity index is 1.53. The highest BCUT2D eigenvalue weighted by atomic mass is 16.5. The first kappa shape index (κ1) is 39.6. The molecule has 0 unspecified atom stereocenters. The molecule has 15 heteroatoms. The number of carbonyl (C=O) groups excluding carboxylic acids is 5. The first-order chi connectivity index (χ1) is 25.7. The largest absolute Gasteiger partial charge is 0.487 e. The van der Waals surface area contributed by atoms with E-state index >= 15 is 0 Å². The number of ether oxygens (including phenoxy) is 2. The topological polar surface area (TPSA) is 241 Å². The highest BCUT2D eigenvalue weighted by Gasteiger charge is 2.25. The van der Waals surface area contributed by atoms with Crippen LogP contribution < -0.4 is 42.2 Å². The molecule has 5 amide bonds. The Morgan fingerprint density at radius 3 is 1.87 bits per heavy atom. The third-order valence-electron chi connectivity index (χ3n) is 7.52. The number of benzene rings is 4. The van der Waals surface area contributed by atoms with E-state index in [2.05, 4.69) is 27.8 Å². The van der Waals surface area contributed by atoms with Crippen molar-refractivity contribution < 1.29 is 43.3 Å². The highest BCUT2D eigenvalue weighted by molar-refractivity contribution is 6.10. The van der Waals surface area contributed by atoms with E-state index in [1.54, 1.807) is 0 Å². The van der Waals surface area contributed by atoms with E-state index in [1.165, 1.54) is 91.0 Å². The van der Waals surface area contributed by atoms with Crippen molar-refractivity contribution in [2.24, 2.45) is 11.7 Å². The number of nitrogens with two attached hydrogens (primary N) is 2. The van der Waals surface area contributed by atoms with Gasteiger partial charge in [-0.05, 0) is 90.8 Å². The second-order valence-corrected chi connectivity index (χ2v) is 12.3. The lowest BCUT2D eigenvalue weighted by Gasteiger charge is -2.20. The maximum Gasteiger partial charge on any atom is 0.335 e. The zero-order valence-corrected chi connectivity index (χ0v) is 29.5. The molecular weight excluding hydrogens is 696 g/mol. The van der Waals surface area contributed by atoms with E-state index in [-0.39, 0.29) is 64.3 Å². The lowest BCUT2D eigenvalue weighted by molar-refractivity contribution is -0.123. The minimum atomic E-state index is -1.29. The number of carboxylic acid groups (broad SMARTS) is 1. The number of aromatic carboxylic acids is 1. The van der Waals surface area contributed by atoms with Crippen LogP contribution >= 0.6 is 0 Å². The van der Waals surface area contributed by atoms with E-state index in [1.807, 2.05) is 13.8 Å². The lowest BCUT2D eigenvalue weighted by atomic mass is 10.1. The quantitative estimate of drug-likeness (QED) is 0.0583. The van der Waals surface area contributed by atoms with Gasteiger partial charge in [0.25, 0.3) is 17.7 Å². The number of nitrogen functional groups attached to an aromatic ring is 1. The zero-order valence-electron chi connectivity index (χ0n) is 29.5. The van der Waals surface area contributed by atoms with Gasteiger partial charge in [-0.15, -0.1) is 0 Å². The van der Waals surface area contributed by atoms with Gasteiger partial charge in [-0.2, -0.15) is 0 Å². The predicted molar refractivity (Wildman–Crippen MR) is 203 cm³/mol. The molecule has 9 N–H and O–H groups in total. The Morgan fingerprint density at radius 1 is 0.722 bits per heavy atom. The van der Waals surface area contributed by atoms with Gasteiger partial charge < -0.3 is 47.3 Å². The summed E-state index contributed by atoms with van der Waals surface area (Å²) >= 11 is 0. The summed E-state index contributed by atoms with van der Waals surface area (Å²) in [4.78, 5) is 75.6. The number of nitrogens with one attached hydrogen (secondary N) is 4. The van der Waals surface area contributed by atoms with Crippen LogP contribution in [-0.2, 0) is 9.59 Å². The van der Waals surface area contributed by atoms with E-state index < -0.39 is 48.0 Å².